The molecule has 1 heterocycles. The smallest absolute Gasteiger partial charge is 0.410 e. The van der Waals surface area contributed by atoms with Crippen molar-refractivity contribution in [1.29, 1.82) is 0 Å². The molecule has 28 heavy (non-hydrogen) atoms. The van der Waals surface area contributed by atoms with E-state index in [0.717, 1.165) is 5.56 Å². The molecule has 2 amide bonds. The van der Waals surface area contributed by atoms with Crippen LogP contribution >= 0.6 is 0 Å². The first kappa shape index (κ1) is 21.5. The van der Waals surface area contributed by atoms with Crippen LogP contribution in [0.1, 0.15) is 32.8 Å². The van der Waals surface area contributed by atoms with E-state index in [-0.39, 0.29) is 19.7 Å². The summed E-state index contributed by atoms with van der Waals surface area (Å²) in [6, 6.07) is 8.85. The molecule has 8 nitrogen and oxygen atoms in total. The lowest BCUT2D eigenvalue weighted by Crippen LogP contribution is -2.55. The van der Waals surface area contributed by atoms with Crippen molar-refractivity contribution >= 4 is 18.2 Å². The van der Waals surface area contributed by atoms with Gasteiger partial charge in [-0.1, -0.05) is 30.3 Å². The maximum Gasteiger partial charge on any atom is 0.410 e. The molecular weight excluding hydrogens is 364 g/mol. The summed E-state index contributed by atoms with van der Waals surface area (Å²) < 4.78 is 15.4. The van der Waals surface area contributed by atoms with Crippen LogP contribution in [0.4, 0.5) is 9.59 Å². The van der Waals surface area contributed by atoms with Crippen LogP contribution in [0.2, 0.25) is 0 Å². The first-order valence-corrected chi connectivity index (χ1v) is 9.21. The molecule has 8 heteroatoms. The molecule has 0 saturated carbocycles. The predicted molar refractivity (Wildman–Crippen MR) is 101 cm³/mol. The minimum Gasteiger partial charge on any atom is -0.469 e. The number of rotatable bonds is 4. The topological polar surface area (TPSA) is 94.2 Å². The van der Waals surface area contributed by atoms with Crippen LogP contribution in [0.5, 0.6) is 0 Å². The minimum atomic E-state index is -0.660. The summed E-state index contributed by atoms with van der Waals surface area (Å²) in [4.78, 5) is 38.0. The van der Waals surface area contributed by atoms with E-state index in [9.17, 15) is 14.4 Å². The molecule has 1 aliphatic rings. The van der Waals surface area contributed by atoms with Gasteiger partial charge < -0.3 is 24.4 Å². The number of nitrogens with one attached hydrogen (secondary N) is 1. The van der Waals surface area contributed by atoms with Gasteiger partial charge in [-0.3, -0.25) is 4.79 Å². The van der Waals surface area contributed by atoms with Crippen LogP contribution in [0.15, 0.2) is 30.3 Å². The summed E-state index contributed by atoms with van der Waals surface area (Å²) in [5.41, 5.74) is 0.205. The molecule has 1 fully saturated rings. The fourth-order valence-corrected chi connectivity index (χ4v) is 2.95. The largest absolute Gasteiger partial charge is 0.469 e. The highest BCUT2D eigenvalue weighted by Gasteiger charge is 2.37. The molecule has 0 bridgehead atoms. The standard InChI is InChI=1S/C20H28N2O6/c1-20(2,3)28-19(25)22-11-15(17(23)26-4)10-16(12-22)21-18(24)27-13-14-8-6-5-7-9-14/h5-9,15-16H,10-13H2,1-4H3,(H,21,24)/t15-,16+/m0/s1. The number of benzene rings is 1. The zero-order valence-corrected chi connectivity index (χ0v) is 16.8. The number of carbonyl (C=O) groups is 3. The lowest BCUT2D eigenvalue weighted by molar-refractivity contribution is -0.147. The van der Waals surface area contributed by atoms with Crippen LogP contribution in [0, 0.1) is 5.92 Å². The van der Waals surface area contributed by atoms with E-state index in [1.54, 1.807) is 20.8 Å². The van der Waals surface area contributed by atoms with Crippen molar-refractivity contribution in [3.05, 3.63) is 35.9 Å². The molecule has 1 aromatic rings. The van der Waals surface area contributed by atoms with Crippen molar-refractivity contribution in [3.8, 4) is 0 Å². The molecule has 0 aliphatic carbocycles. The van der Waals surface area contributed by atoms with Crippen LogP contribution in [-0.2, 0) is 25.6 Å². The normalized spacial score (nSPS) is 19.5. The highest BCUT2D eigenvalue weighted by molar-refractivity contribution is 5.75. The zero-order chi connectivity index (χ0) is 20.7. The van der Waals surface area contributed by atoms with Gasteiger partial charge in [0.15, 0.2) is 0 Å². The van der Waals surface area contributed by atoms with E-state index >= 15 is 0 Å². The van der Waals surface area contributed by atoms with E-state index in [0.29, 0.717) is 6.42 Å². The summed E-state index contributed by atoms with van der Waals surface area (Å²) in [5, 5.41) is 2.73. The van der Waals surface area contributed by atoms with Gasteiger partial charge >= 0.3 is 18.2 Å². The monoisotopic (exact) mass is 392 g/mol. The Hall–Kier alpha value is -2.77. The Bertz CT molecular complexity index is 686. The van der Waals surface area contributed by atoms with Crippen LogP contribution in [0.3, 0.4) is 0 Å². The average Bonchev–Trinajstić information content (AvgIpc) is 2.65. The second-order valence-corrected chi connectivity index (χ2v) is 7.74. The lowest BCUT2D eigenvalue weighted by atomic mass is 9.94. The van der Waals surface area contributed by atoms with Gasteiger partial charge in [0.25, 0.3) is 0 Å². The van der Waals surface area contributed by atoms with Gasteiger partial charge in [-0.05, 0) is 32.8 Å². The zero-order valence-electron chi connectivity index (χ0n) is 16.8. The Kier molecular flexibility index (Phi) is 7.25. The molecular formula is C20H28N2O6. The van der Waals surface area contributed by atoms with Crippen molar-refractivity contribution in [1.82, 2.24) is 10.2 Å². The number of ether oxygens (including phenoxy) is 3. The third-order valence-electron chi connectivity index (χ3n) is 4.17. The van der Waals surface area contributed by atoms with Crippen molar-refractivity contribution < 1.29 is 28.6 Å². The van der Waals surface area contributed by atoms with Crippen molar-refractivity contribution in [2.45, 2.75) is 45.4 Å². The summed E-state index contributed by atoms with van der Waals surface area (Å²) >= 11 is 0. The molecule has 2 rings (SSSR count). The Morgan fingerprint density at radius 1 is 1.14 bits per heavy atom. The summed E-state index contributed by atoms with van der Waals surface area (Å²) in [7, 11) is 1.30. The number of methoxy groups -OCH3 is 1. The number of likely N-dealkylation sites (tertiary alicyclic amines) is 1. The van der Waals surface area contributed by atoms with E-state index in [2.05, 4.69) is 5.32 Å². The van der Waals surface area contributed by atoms with Gasteiger partial charge in [0.05, 0.1) is 19.1 Å². The van der Waals surface area contributed by atoms with E-state index in [1.807, 2.05) is 30.3 Å². The van der Waals surface area contributed by atoms with Gasteiger partial charge in [0, 0.05) is 13.1 Å². The maximum absolute atomic E-state index is 12.4. The van der Waals surface area contributed by atoms with E-state index < -0.39 is 35.7 Å². The number of hydrogen-bond acceptors (Lipinski definition) is 6. The molecule has 1 saturated heterocycles. The van der Waals surface area contributed by atoms with Crippen LogP contribution < -0.4 is 5.32 Å². The Balaban J connectivity index is 1.97. The summed E-state index contributed by atoms with van der Waals surface area (Å²) in [6.45, 7) is 5.84. The molecule has 154 valence electrons. The van der Waals surface area contributed by atoms with Gasteiger partial charge in [-0.15, -0.1) is 0 Å². The number of alkyl carbamates (subject to hydrolysis) is 1. The number of amides is 2. The minimum absolute atomic E-state index is 0.135. The number of carbonyl (C=O) groups excluding carboxylic acids is 3. The van der Waals surface area contributed by atoms with E-state index in [1.165, 1.54) is 12.0 Å². The molecule has 0 radical (unpaired) electrons. The number of hydrogen-bond donors (Lipinski definition) is 1. The molecule has 0 spiro atoms. The molecule has 1 aliphatic heterocycles. The molecule has 2 atom stereocenters. The highest BCUT2D eigenvalue weighted by Crippen LogP contribution is 2.21. The lowest BCUT2D eigenvalue weighted by Gasteiger charge is -2.37. The third kappa shape index (κ3) is 6.75. The number of piperidine rings is 1. The van der Waals surface area contributed by atoms with Crippen molar-refractivity contribution in [2.75, 3.05) is 20.2 Å². The van der Waals surface area contributed by atoms with Crippen LogP contribution in [-0.4, -0.2) is 54.9 Å². The van der Waals surface area contributed by atoms with Crippen LogP contribution in [0.25, 0.3) is 0 Å². The van der Waals surface area contributed by atoms with Crippen molar-refractivity contribution in [2.24, 2.45) is 5.92 Å². The van der Waals surface area contributed by atoms with Gasteiger partial charge in [0.1, 0.15) is 12.2 Å². The molecule has 0 unspecified atom stereocenters. The Morgan fingerprint density at radius 3 is 2.43 bits per heavy atom. The van der Waals surface area contributed by atoms with Gasteiger partial charge in [-0.2, -0.15) is 0 Å². The average molecular weight is 392 g/mol. The molecule has 1 N–H and O–H groups in total. The predicted octanol–water partition coefficient (Wildman–Crippen LogP) is 2.71. The molecule has 0 aromatic heterocycles. The first-order chi connectivity index (χ1) is 13.2. The van der Waals surface area contributed by atoms with Gasteiger partial charge in [-0.25, -0.2) is 9.59 Å². The third-order valence-corrected chi connectivity index (χ3v) is 4.17. The summed E-state index contributed by atoms with van der Waals surface area (Å²) in [6.07, 6.45) is -0.791. The maximum atomic E-state index is 12.4. The SMILES string of the molecule is COC(=O)[C@H]1C[C@@H](NC(=O)OCc2ccccc2)CN(C(=O)OC(C)(C)C)C1. The van der Waals surface area contributed by atoms with Crippen molar-refractivity contribution in [3.63, 3.8) is 0 Å². The highest BCUT2D eigenvalue weighted by atomic mass is 16.6. The van der Waals surface area contributed by atoms with Gasteiger partial charge in [0.2, 0.25) is 0 Å². The quantitative estimate of drug-likeness (QED) is 0.625. The second-order valence-electron chi connectivity index (χ2n) is 7.74. The number of nitrogens with zero attached hydrogens (tertiary/aromatic N) is 1. The Morgan fingerprint density at radius 2 is 1.82 bits per heavy atom. The molecule has 1 aromatic carbocycles. The second kappa shape index (κ2) is 9.43. The fourth-order valence-electron chi connectivity index (χ4n) is 2.95. The first-order valence-electron chi connectivity index (χ1n) is 9.21. The summed E-state index contributed by atoms with van der Waals surface area (Å²) in [5.74, 6) is -0.983. The fraction of sp³-hybridized carbons (Fsp3) is 0.550. The van der Waals surface area contributed by atoms with E-state index in [4.69, 9.17) is 14.2 Å². The Labute approximate surface area is 165 Å². The number of esters is 1.